The monoisotopic (exact) mass is 225 g/mol. The second-order valence-electron chi connectivity index (χ2n) is 3.92. The van der Waals surface area contributed by atoms with Gasteiger partial charge in [-0.3, -0.25) is 0 Å². The van der Waals surface area contributed by atoms with Gasteiger partial charge in [0, 0.05) is 13.7 Å². The first kappa shape index (κ1) is 13.1. The summed E-state index contributed by atoms with van der Waals surface area (Å²) in [5, 5.41) is 3.27. The van der Waals surface area contributed by atoms with E-state index in [4.69, 9.17) is 4.74 Å². The summed E-state index contributed by atoms with van der Waals surface area (Å²) in [6, 6.07) is 6.93. The first-order chi connectivity index (χ1) is 7.77. The molecule has 0 amide bonds. The molecule has 1 rings (SSSR count). The number of nitrogens with one attached hydrogen (secondary N) is 1. The SMILES string of the molecule is CCNCC(COC)Cc1ccccc1F. The fourth-order valence-electron chi connectivity index (χ4n) is 1.75. The molecule has 2 nitrogen and oxygen atoms in total. The van der Waals surface area contributed by atoms with Crippen molar-refractivity contribution >= 4 is 0 Å². The van der Waals surface area contributed by atoms with Crippen LogP contribution >= 0.6 is 0 Å². The highest BCUT2D eigenvalue weighted by molar-refractivity contribution is 5.17. The maximum atomic E-state index is 13.5. The van der Waals surface area contributed by atoms with E-state index in [1.807, 2.05) is 12.1 Å². The van der Waals surface area contributed by atoms with Crippen molar-refractivity contribution in [2.24, 2.45) is 5.92 Å². The number of hydrogen-bond donors (Lipinski definition) is 1. The van der Waals surface area contributed by atoms with Crippen LogP contribution in [0.3, 0.4) is 0 Å². The van der Waals surface area contributed by atoms with Crippen LogP contribution in [0.25, 0.3) is 0 Å². The van der Waals surface area contributed by atoms with Gasteiger partial charge in [-0.05, 0) is 30.5 Å². The first-order valence-electron chi connectivity index (χ1n) is 5.71. The summed E-state index contributed by atoms with van der Waals surface area (Å²) in [7, 11) is 1.68. The van der Waals surface area contributed by atoms with Gasteiger partial charge in [-0.15, -0.1) is 0 Å². The Morgan fingerprint density at radius 2 is 2.12 bits per heavy atom. The average Bonchev–Trinajstić information content (AvgIpc) is 2.29. The number of halogens is 1. The van der Waals surface area contributed by atoms with Crippen LogP contribution in [0, 0.1) is 11.7 Å². The lowest BCUT2D eigenvalue weighted by atomic mass is 9.99. The van der Waals surface area contributed by atoms with E-state index >= 15 is 0 Å². The molecule has 0 aliphatic carbocycles. The van der Waals surface area contributed by atoms with Gasteiger partial charge in [0.05, 0.1) is 6.61 Å². The van der Waals surface area contributed by atoms with Gasteiger partial charge < -0.3 is 10.1 Å². The quantitative estimate of drug-likeness (QED) is 0.768. The second-order valence-corrected chi connectivity index (χ2v) is 3.92. The number of hydrogen-bond acceptors (Lipinski definition) is 2. The van der Waals surface area contributed by atoms with E-state index in [2.05, 4.69) is 12.2 Å². The smallest absolute Gasteiger partial charge is 0.126 e. The maximum Gasteiger partial charge on any atom is 0.126 e. The predicted molar refractivity (Wildman–Crippen MR) is 64.0 cm³/mol. The third-order valence-corrected chi connectivity index (χ3v) is 2.55. The minimum atomic E-state index is -0.125. The number of ether oxygens (including phenoxy) is 1. The van der Waals surface area contributed by atoms with Crippen LogP contribution in [-0.2, 0) is 11.2 Å². The van der Waals surface area contributed by atoms with Crippen molar-refractivity contribution in [2.75, 3.05) is 26.8 Å². The van der Waals surface area contributed by atoms with Gasteiger partial charge in [-0.1, -0.05) is 25.1 Å². The summed E-state index contributed by atoms with van der Waals surface area (Å²) in [6.45, 7) is 4.50. The molecule has 0 aliphatic heterocycles. The zero-order chi connectivity index (χ0) is 11.8. The lowest BCUT2D eigenvalue weighted by molar-refractivity contribution is 0.150. The molecule has 0 fully saturated rings. The van der Waals surface area contributed by atoms with E-state index in [1.54, 1.807) is 13.2 Å². The van der Waals surface area contributed by atoms with Gasteiger partial charge in [0.2, 0.25) is 0 Å². The predicted octanol–water partition coefficient (Wildman–Crippen LogP) is 2.24. The van der Waals surface area contributed by atoms with Crippen LogP contribution in [0.1, 0.15) is 12.5 Å². The van der Waals surface area contributed by atoms with E-state index in [0.29, 0.717) is 18.9 Å². The molecule has 1 unspecified atom stereocenters. The standard InChI is InChI=1S/C13H20FNO/c1-3-15-9-11(10-16-2)8-12-6-4-5-7-13(12)14/h4-7,11,15H,3,8-10H2,1-2H3. The molecule has 1 aromatic carbocycles. The highest BCUT2D eigenvalue weighted by atomic mass is 19.1. The van der Waals surface area contributed by atoms with Crippen molar-refractivity contribution in [3.63, 3.8) is 0 Å². The van der Waals surface area contributed by atoms with Crippen LogP contribution in [0.4, 0.5) is 4.39 Å². The van der Waals surface area contributed by atoms with E-state index in [9.17, 15) is 4.39 Å². The molecule has 3 heteroatoms. The van der Waals surface area contributed by atoms with Gasteiger partial charge in [0.15, 0.2) is 0 Å². The second kappa shape index (κ2) is 7.36. The van der Waals surface area contributed by atoms with Crippen molar-refractivity contribution < 1.29 is 9.13 Å². The number of rotatable bonds is 7. The van der Waals surface area contributed by atoms with Gasteiger partial charge in [0.25, 0.3) is 0 Å². The minimum Gasteiger partial charge on any atom is -0.384 e. The fourth-order valence-corrected chi connectivity index (χ4v) is 1.75. The van der Waals surface area contributed by atoms with Crippen molar-refractivity contribution in [2.45, 2.75) is 13.3 Å². The molecule has 0 saturated carbocycles. The molecule has 1 N–H and O–H groups in total. The summed E-state index contributed by atoms with van der Waals surface area (Å²) in [4.78, 5) is 0. The Morgan fingerprint density at radius 3 is 2.75 bits per heavy atom. The van der Waals surface area contributed by atoms with Crippen molar-refractivity contribution in [1.82, 2.24) is 5.32 Å². The van der Waals surface area contributed by atoms with E-state index in [0.717, 1.165) is 18.7 Å². The Labute approximate surface area is 96.8 Å². The molecule has 0 aliphatic rings. The molecule has 0 bridgehead atoms. The number of methoxy groups -OCH3 is 1. The summed E-state index contributed by atoms with van der Waals surface area (Å²) in [5.74, 6) is 0.196. The van der Waals surface area contributed by atoms with E-state index in [-0.39, 0.29) is 5.82 Å². The molecule has 0 radical (unpaired) electrons. The molecule has 90 valence electrons. The third kappa shape index (κ3) is 4.29. The molecular weight excluding hydrogens is 205 g/mol. The largest absolute Gasteiger partial charge is 0.384 e. The topological polar surface area (TPSA) is 21.3 Å². The molecule has 0 heterocycles. The van der Waals surface area contributed by atoms with E-state index in [1.165, 1.54) is 6.07 Å². The minimum absolute atomic E-state index is 0.125. The van der Waals surface area contributed by atoms with Gasteiger partial charge in [-0.2, -0.15) is 0 Å². The van der Waals surface area contributed by atoms with Crippen molar-refractivity contribution in [1.29, 1.82) is 0 Å². The Morgan fingerprint density at radius 1 is 1.38 bits per heavy atom. The highest BCUT2D eigenvalue weighted by Gasteiger charge is 2.11. The molecule has 1 atom stereocenters. The first-order valence-corrected chi connectivity index (χ1v) is 5.71. The van der Waals surface area contributed by atoms with Crippen LogP contribution in [0.5, 0.6) is 0 Å². The summed E-state index contributed by atoms with van der Waals surface area (Å²) in [5.41, 5.74) is 0.766. The number of benzene rings is 1. The molecular formula is C13H20FNO. The Kier molecular flexibility index (Phi) is 6.04. The Hall–Kier alpha value is -0.930. The zero-order valence-electron chi connectivity index (χ0n) is 10.0. The maximum absolute atomic E-state index is 13.5. The van der Waals surface area contributed by atoms with Crippen LogP contribution in [-0.4, -0.2) is 26.8 Å². The van der Waals surface area contributed by atoms with Gasteiger partial charge >= 0.3 is 0 Å². The lowest BCUT2D eigenvalue weighted by Gasteiger charge is -2.16. The third-order valence-electron chi connectivity index (χ3n) is 2.55. The fraction of sp³-hybridized carbons (Fsp3) is 0.538. The van der Waals surface area contributed by atoms with Crippen molar-refractivity contribution in [3.8, 4) is 0 Å². The average molecular weight is 225 g/mol. The summed E-state index contributed by atoms with van der Waals surface area (Å²) < 4.78 is 18.6. The normalized spacial score (nSPS) is 12.7. The van der Waals surface area contributed by atoms with Gasteiger partial charge in [-0.25, -0.2) is 4.39 Å². The Bertz CT molecular complexity index is 304. The highest BCUT2D eigenvalue weighted by Crippen LogP contribution is 2.12. The molecule has 0 spiro atoms. The molecule has 0 saturated heterocycles. The van der Waals surface area contributed by atoms with Crippen molar-refractivity contribution in [3.05, 3.63) is 35.6 Å². The van der Waals surface area contributed by atoms with E-state index < -0.39 is 0 Å². The van der Waals surface area contributed by atoms with Crippen LogP contribution in [0.15, 0.2) is 24.3 Å². The van der Waals surface area contributed by atoms with Crippen LogP contribution < -0.4 is 5.32 Å². The van der Waals surface area contributed by atoms with Crippen LogP contribution in [0.2, 0.25) is 0 Å². The summed E-state index contributed by atoms with van der Waals surface area (Å²) >= 11 is 0. The molecule has 16 heavy (non-hydrogen) atoms. The molecule has 1 aromatic rings. The zero-order valence-corrected chi connectivity index (χ0v) is 10.0. The Balaban J connectivity index is 2.56. The lowest BCUT2D eigenvalue weighted by Crippen LogP contribution is -2.27. The summed E-state index contributed by atoms with van der Waals surface area (Å²) in [6.07, 6.45) is 0.716. The molecule has 0 aromatic heterocycles. The van der Waals surface area contributed by atoms with Gasteiger partial charge in [0.1, 0.15) is 5.82 Å².